The fourth-order valence-corrected chi connectivity index (χ4v) is 2.13. The van der Waals surface area contributed by atoms with Crippen molar-refractivity contribution in [3.05, 3.63) is 60.2 Å². The van der Waals surface area contributed by atoms with Gasteiger partial charge in [0.1, 0.15) is 11.5 Å². The Kier molecular flexibility index (Phi) is 7.38. The minimum Gasteiger partial charge on any atom is -0.497 e. The average Bonchev–Trinajstić information content (AvgIpc) is 2.66. The normalized spacial score (nSPS) is 9.73. The fourth-order valence-electron chi connectivity index (χ4n) is 1.97. The number of benzene rings is 2. The molecular weight excluding hydrogens is 354 g/mol. The highest BCUT2D eigenvalue weighted by molar-refractivity contribution is 7.80. The van der Waals surface area contributed by atoms with E-state index in [2.05, 4.69) is 16.2 Å². The minimum absolute atomic E-state index is 0.0188. The van der Waals surface area contributed by atoms with Crippen LogP contribution in [-0.2, 0) is 16.0 Å². The molecule has 0 bridgehead atoms. The first-order chi connectivity index (χ1) is 12.6. The largest absolute Gasteiger partial charge is 0.497 e. The first-order valence-electron chi connectivity index (χ1n) is 7.76. The predicted octanol–water partition coefficient (Wildman–Crippen LogP) is 1.34. The van der Waals surface area contributed by atoms with Gasteiger partial charge >= 0.3 is 0 Å². The molecule has 0 aliphatic carbocycles. The van der Waals surface area contributed by atoms with Crippen LogP contribution < -0.4 is 25.6 Å². The van der Waals surface area contributed by atoms with Crippen molar-refractivity contribution in [1.82, 2.24) is 16.2 Å². The molecule has 2 amide bonds. The first-order valence-corrected chi connectivity index (χ1v) is 8.17. The van der Waals surface area contributed by atoms with Gasteiger partial charge in [-0.15, -0.1) is 0 Å². The summed E-state index contributed by atoms with van der Waals surface area (Å²) in [5, 5.41) is 2.39. The molecule has 2 aromatic rings. The number of amides is 2. The van der Waals surface area contributed by atoms with E-state index in [0.29, 0.717) is 11.5 Å². The lowest BCUT2D eigenvalue weighted by atomic mass is 10.1. The second kappa shape index (κ2) is 10.00. The Morgan fingerprint density at radius 3 is 2.23 bits per heavy atom. The molecule has 0 radical (unpaired) electrons. The molecule has 0 atom stereocenters. The Labute approximate surface area is 156 Å². The van der Waals surface area contributed by atoms with Gasteiger partial charge in [0.2, 0.25) is 5.91 Å². The van der Waals surface area contributed by atoms with Crippen molar-refractivity contribution in [1.29, 1.82) is 0 Å². The summed E-state index contributed by atoms with van der Waals surface area (Å²) in [7, 11) is 1.57. The third-order valence-electron chi connectivity index (χ3n) is 3.21. The van der Waals surface area contributed by atoms with Crippen LogP contribution >= 0.6 is 12.2 Å². The molecule has 0 aliphatic rings. The van der Waals surface area contributed by atoms with Gasteiger partial charge in [-0.1, -0.05) is 30.3 Å². The maximum absolute atomic E-state index is 11.8. The second-order valence-corrected chi connectivity index (χ2v) is 5.59. The standard InChI is InChI=1S/C18H19N3O4S/c1-24-14-7-9-15(10-8-14)25-12-17(23)19-18(26)21-20-16(22)11-13-5-3-2-4-6-13/h2-10H,11-12H2,1H3,(H,20,22)(H2,19,21,23,26). The van der Waals surface area contributed by atoms with Crippen LogP contribution in [0.25, 0.3) is 0 Å². The SMILES string of the molecule is COc1ccc(OCC(=O)NC(=S)NNC(=O)Cc2ccccc2)cc1. The van der Waals surface area contributed by atoms with Crippen LogP contribution in [0.15, 0.2) is 54.6 Å². The molecular formula is C18H19N3O4S. The molecule has 26 heavy (non-hydrogen) atoms. The lowest BCUT2D eigenvalue weighted by molar-refractivity contribution is -0.122. The van der Waals surface area contributed by atoms with Crippen molar-refractivity contribution in [2.75, 3.05) is 13.7 Å². The molecule has 0 saturated carbocycles. The molecule has 2 rings (SSSR count). The number of hydrogen-bond acceptors (Lipinski definition) is 5. The molecule has 0 aliphatic heterocycles. The molecule has 0 unspecified atom stereocenters. The number of carbonyl (C=O) groups is 2. The highest BCUT2D eigenvalue weighted by atomic mass is 32.1. The van der Waals surface area contributed by atoms with Crippen LogP contribution in [0, 0.1) is 0 Å². The number of methoxy groups -OCH3 is 1. The summed E-state index contributed by atoms with van der Waals surface area (Å²) in [6.07, 6.45) is 0.199. The van der Waals surface area contributed by atoms with Crippen molar-refractivity contribution in [3.63, 3.8) is 0 Å². The van der Waals surface area contributed by atoms with Gasteiger partial charge < -0.3 is 9.47 Å². The molecule has 0 fully saturated rings. The van der Waals surface area contributed by atoms with Crippen LogP contribution in [0.2, 0.25) is 0 Å². The Balaban J connectivity index is 1.66. The lowest BCUT2D eigenvalue weighted by Gasteiger charge is -2.11. The van der Waals surface area contributed by atoms with Crippen molar-refractivity contribution in [3.8, 4) is 11.5 Å². The van der Waals surface area contributed by atoms with Gasteiger partial charge in [0.05, 0.1) is 13.5 Å². The molecule has 0 aromatic heterocycles. The van der Waals surface area contributed by atoms with E-state index < -0.39 is 5.91 Å². The Bertz CT molecular complexity index is 751. The maximum atomic E-state index is 11.8. The zero-order valence-electron chi connectivity index (χ0n) is 14.2. The zero-order chi connectivity index (χ0) is 18.8. The Hall–Kier alpha value is -3.13. The zero-order valence-corrected chi connectivity index (χ0v) is 15.0. The van der Waals surface area contributed by atoms with E-state index in [0.717, 1.165) is 5.56 Å². The molecule has 7 nitrogen and oxygen atoms in total. The van der Waals surface area contributed by atoms with Gasteiger partial charge in [0.25, 0.3) is 5.91 Å². The summed E-state index contributed by atoms with van der Waals surface area (Å²) in [6.45, 7) is -0.216. The van der Waals surface area contributed by atoms with E-state index >= 15 is 0 Å². The summed E-state index contributed by atoms with van der Waals surface area (Å²) in [4.78, 5) is 23.6. The van der Waals surface area contributed by atoms with E-state index in [-0.39, 0.29) is 24.0 Å². The summed E-state index contributed by atoms with van der Waals surface area (Å²) in [6, 6.07) is 16.1. The third kappa shape index (κ3) is 6.78. The van der Waals surface area contributed by atoms with Gasteiger partial charge in [-0.25, -0.2) is 0 Å². The molecule has 0 heterocycles. The van der Waals surface area contributed by atoms with Crippen LogP contribution in [-0.4, -0.2) is 30.6 Å². The third-order valence-corrected chi connectivity index (χ3v) is 3.41. The van der Waals surface area contributed by atoms with E-state index in [9.17, 15) is 9.59 Å². The monoisotopic (exact) mass is 373 g/mol. The average molecular weight is 373 g/mol. The van der Waals surface area contributed by atoms with Crippen molar-refractivity contribution < 1.29 is 19.1 Å². The van der Waals surface area contributed by atoms with Gasteiger partial charge in [0.15, 0.2) is 11.7 Å². The Morgan fingerprint density at radius 1 is 0.923 bits per heavy atom. The highest BCUT2D eigenvalue weighted by Gasteiger charge is 2.07. The second-order valence-electron chi connectivity index (χ2n) is 5.18. The molecule has 136 valence electrons. The molecule has 3 N–H and O–H groups in total. The van der Waals surface area contributed by atoms with Crippen LogP contribution in [0.5, 0.6) is 11.5 Å². The van der Waals surface area contributed by atoms with Gasteiger partial charge in [0, 0.05) is 0 Å². The number of carbonyl (C=O) groups excluding carboxylic acids is 2. The molecule has 0 spiro atoms. The lowest BCUT2D eigenvalue weighted by Crippen LogP contribution is -2.49. The number of hydrazine groups is 1. The number of thiocarbonyl (C=S) groups is 1. The van der Waals surface area contributed by atoms with Gasteiger partial charge in [-0.05, 0) is 42.0 Å². The van der Waals surface area contributed by atoms with Crippen molar-refractivity contribution in [2.45, 2.75) is 6.42 Å². The van der Waals surface area contributed by atoms with Crippen molar-refractivity contribution in [2.24, 2.45) is 0 Å². The van der Waals surface area contributed by atoms with E-state index in [1.54, 1.807) is 31.4 Å². The van der Waals surface area contributed by atoms with Gasteiger partial charge in [-0.2, -0.15) is 0 Å². The molecule has 0 saturated heterocycles. The van der Waals surface area contributed by atoms with E-state index in [1.807, 2.05) is 30.3 Å². The summed E-state index contributed by atoms with van der Waals surface area (Å²) in [5.74, 6) is 0.493. The predicted molar refractivity (Wildman–Crippen MR) is 101 cm³/mol. The number of ether oxygens (including phenoxy) is 2. The number of hydrogen-bond donors (Lipinski definition) is 3. The van der Waals surface area contributed by atoms with Crippen LogP contribution in [0.1, 0.15) is 5.56 Å². The fraction of sp³-hybridized carbons (Fsp3) is 0.167. The summed E-state index contributed by atoms with van der Waals surface area (Å²) in [5.41, 5.74) is 5.77. The minimum atomic E-state index is -0.448. The Morgan fingerprint density at radius 2 is 1.58 bits per heavy atom. The van der Waals surface area contributed by atoms with Crippen LogP contribution in [0.3, 0.4) is 0 Å². The van der Waals surface area contributed by atoms with E-state index in [1.165, 1.54) is 0 Å². The first kappa shape index (κ1) is 19.2. The number of nitrogens with one attached hydrogen (secondary N) is 3. The van der Waals surface area contributed by atoms with Crippen LogP contribution in [0.4, 0.5) is 0 Å². The number of rotatable bonds is 6. The molecule has 8 heteroatoms. The van der Waals surface area contributed by atoms with Gasteiger partial charge in [-0.3, -0.25) is 25.8 Å². The van der Waals surface area contributed by atoms with E-state index in [4.69, 9.17) is 21.7 Å². The smallest absolute Gasteiger partial charge is 0.264 e. The highest BCUT2D eigenvalue weighted by Crippen LogP contribution is 2.16. The summed E-state index contributed by atoms with van der Waals surface area (Å²) < 4.78 is 10.4. The maximum Gasteiger partial charge on any atom is 0.264 e. The molecule has 2 aromatic carbocycles. The van der Waals surface area contributed by atoms with Crippen molar-refractivity contribution >= 4 is 29.1 Å². The topological polar surface area (TPSA) is 88.7 Å². The quantitative estimate of drug-likeness (QED) is 0.523. The summed E-state index contributed by atoms with van der Waals surface area (Å²) >= 11 is 4.95.